The summed E-state index contributed by atoms with van der Waals surface area (Å²) >= 11 is 0. The Kier molecular flexibility index (Phi) is 4.76. The molecule has 1 N–H and O–H groups in total. The van der Waals surface area contributed by atoms with Gasteiger partial charge in [-0.1, -0.05) is 30.3 Å². The zero-order chi connectivity index (χ0) is 20.6. The molecular weight excluding hydrogens is 398 g/mol. The van der Waals surface area contributed by atoms with E-state index in [1.807, 2.05) is 18.2 Å². The fourth-order valence-corrected chi connectivity index (χ4v) is 4.95. The van der Waals surface area contributed by atoms with Crippen LogP contribution < -0.4 is 0 Å². The van der Waals surface area contributed by atoms with Gasteiger partial charge in [-0.25, -0.2) is 8.42 Å². The summed E-state index contributed by atoms with van der Waals surface area (Å²) in [7, 11) is -4.04. The fraction of sp³-hybridized carbons (Fsp3) is 0.222. The molecule has 1 fully saturated rings. The second-order valence-corrected chi connectivity index (χ2v) is 8.45. The number of nitro benzene ring substituents is 1. The normalized spacial score (nSPS) is 15.5. The summed E-state index contributed by atoms with van der Waals surface area (Å²) in [5.74, 6) is -0.287. The van der Waals surface area contributed by atoms with Crippen molar-refractivity contribution in [2.75, 3.05) is 26.2 Å². The molecule has 1 amide bonds. The summed E-state index contributed by atoms with van der Waals surface area (Å²) in [5.41, 5.74) is 0.568. The van der Waals surface area contributed by atoms with Crippen molar-refractivity contribution in [2.45, 2.75) is 4.90 Å². The van der Waals surface area contributed by atoms with Gasteiger partial charge in [0.15, 0.2) is 10.6 Å². The number of benzene rings is 2. The van der Waals surface area contributed by atoms with Gasteiger partial charge in [-0.15, -0.1) is 0 Å². The molecule has 3 aromatic rings. The molecule has 1 aromatic heterocycles. The van der Waals surface area contributed by atoms with E-state index in [-0.39, 0.29) is 42.7 Å². The van der Waals surface area contributed by atoms with Crippen LogP contribution in [0.15, 0.2) is 53.4 Å². The number of hydrogen-bond donors (Lipinski definition) is 1. The van der Waals surface area contributed by atoms with Crippen LogP contribution in [-0.4, -0.2) is 64.8 Å². The first-order valence-corrected chi connectivity index (χ1v) is 10.3. The molecule has 0 saturated carbocycles. The van der Waals surface area contributed by atoms with Gasteiger partial charge in [0.25, 0.3) is 11.6 Å². The van der Waals surface area contributed by atoms with E-state index in [2.05, 4.69) is 10.2 Å². The highest BCUT2D eigenvalue weighted by Gasteiger charge is 2.35. The molecule has 0 radical (unpaired) electrons. The van der Waals surface area contributed by atoms with Crippen LogP contribution >= 0.6 is 0 Å². The lowest BCUT2D eigenvalue weighted by molar-refractivity contribution is -0.387. The Morgan fingerprint density at radius 2 is 1.69 bits per heavy atom. The maximum atomic E-state index is 12.9. The third kappa shape index (κ3) is 3.34. The van der Waals surface area contributed by atoms with Crippen molar-refractivity contribution in [1.82, 2.24) is 19.4 Å². The molecule has 10 nitrogen and oxygen atoms in total. The molecular formula is C18H17N5O5S. The van der Waals surface area contributed by atoms with Crippen LogP contribution in [0.2, 0.25) is 0 Å². The van der Waals surface area contributed by atoms with E-state index in [0.717, 1.165) is 11.6 Å². The predicted molar refractivity (Wildman–Crippen MR) is 104 cm³/mol. The van der Waals surface area contributed by atoms with Crippen LogP contribution in [0.3, 0.4) is 0 Å². The highest BCUT2D eigenvalue weighted by atomic mass is 32.2. The molecule has 150 valence electrons. The summed E-state index contributed by atoms with van der Waals surface area (Å²) in [6.45, 7) is 0.421. The Morgan fingerprint density at radius 1 is 1.03 bits per heavy atom. The van der Waals surface area contributed by atoms with Gasteiger partial charge in [-0.05, 0) is 12.1 Å². The quantitative estimate of drug-likeness (QED) is 0.509. The number of H-pyrrole nitrogens is 1. The average Bonchev–Trinajstić information content (AvgIpc) is 3.17. The zero-order valence-electron chi connectivity index (χ0n) is 15.2. The van der Waals surface area contributed by atoms with Crippen LogP contribution in [-0.2, 0) is 10.0 Å². The van der Waals surface area contributed by atoms with E-state index >= 15 is 0 Å². The van der Waals surface area contributed by atoms with Gasteiger partial charge in [0, 0.05) is 37.6 Å². The Bertz CT molecular complexity index is 1200. The van der Waals surface area contributed by atoms with Crippen molar-refractivity contribution in [3.63, 3.8) is 0 Å². The molecule has 29 heavy (non-hydrogen) atoms. The molecule has 11 heteroatoms. The second-order valence-electron chi connectivity index (χ2n) is 6.54. The van der Waals surface area contributed by atoms with Gasteiger partial charge in [-0.3, -0.25) is 20.0 Å². The Morgan fingerprint density at radius 3 is 2.41 bits per heavy atom. The van der Waals surface area contributed by atoms with E-state index in [1.54, 1.807) is 6.07 Å². The predicted octanol–water partition coefficient (Wildman–Crippen LogP) is 1.62. The summed E-state index contributed by atoms with van der Waals surface area (Å²) in [6.07, 6.45) is 0. The van der Waals surface area contributed by atoms with Gasteiger partial charge >= 0.3 is 0 Å². The van der Waals surface area contributed by atoms with Crippen LogP contribution in [0.4, 0.5) is 5.69 Å². The molecule has 0 unspecified atom stereocenters. The van der Waals surface area contributed by atoms with E-state index in [4.69, 9.17) is 0 Å². The summed E-state index contributed by atoms with van der Waals surface area (Å²) in [6, 6.07) is 12.5. The first kappa shape index (κ1) is 19.0. The van der Waals surface area contributed by atoms with Crippen LogP contribution in [0, 0.1) is 10.1 Å². The molecule has 1 aliphatic rings. The van der Waals surface area contributed by atoms with Gasteiger partial charge in [0.05, 0.1) is 10.4 Å². The minimum Gasteiger partial charge on any atom is -0.335 e. The van der Waals surface area contributed by atoms with E-state index in [9.17, 15) is 23.3 Å². The molecule has 1 aliphatic heterocycles. The molecule has 2 aromatic carbocycles. The van der Waals surface area contributed by atoms with Crippen LogP contribution in [0.1, 0.15) is 10.5 Å². The number of aromatic amines is 1. The van der Waals surface area contributed by atoms with Crippen molar-refractivity contribution < 1.29 is 18.1 Å². The number of nitrogens with one attached hydrogen (secondary N) is 1. The van der Waals surface area contributed by atoms with E-state index < -0.39 is 20.6 Å². The molecule has 0 aliphatic carbocycles. The number of amides is 1. The molecule has 1 saturated heterocycles. The number of fused-ring (bicyclic) bond motifs is 1. The number of aromatic nitrogens is 2. The average molecular weight is 415 g/mol. The maximum Gasteiger partial charge on any atom is 0.289 e. The number of nitrogens with zero attached hydrogens (tertiary/aromatic N) is 4. The molecule has 2 heterocycles. The topological polar surface area (TPSA) is 130 Å². The van der Waals surface area contributed by atoms with Gasteiger partial charge in [0.1, 0.15) is 0 Å². The number of para-hydroxylation sites is 2. The minimum atomic E-state index is -4.04. The van der Waals surface area contributed by atoms with Gasteiger partial charge in [0.2, 0.25) is 10.0 Å². The number of nitro groups is 1. The smallest absolute Gasteiger partial charge is 0.289 e. The second kappa shape index (κ2) is 7.26. The lowest BCUT2D eigenvalue weighted by Gasteiger charge is -2.33. The number of hydrogen-bond acceptors (Lipinski definition) is 6. The zero-order valence-corrected chi connectivity index (χ0v) is 16.0. The van der Waals surface area contributed by atoms with Crippen LogP contribution in [0.5, 0.6) is 0 Å². The summed E-state index contributed by atoms with van der Waals surface area (Å²) in [4.78, 5) is 24.5. The van der Waals surface area contributed by atoms with Crippen LogP contribution in [0.25, 0.3) is 10.9 Å². The van der Waals surface area contributed by atoms with Gasteiger partial charge in [-0.2, -0.15) is 9.40 Å². The SMILES string of the molecule is O=C(c1n[nH]c2ccccc12)N1CCN(S(=O)(=O)c2ccccc2[N+](=O)[O-])CC1. The number of carbonyl (C=O) groups is 1. The summed E-state index contributed by atoms with van der Waals surface area (Å²) in [5, 5.41) is 18.8. The Balaban J connectivity index is 1.52. The molecule has 0 atom stereocenters. The van der Waals surface area contributed by atoms with E-state index in [0.29, 0.717) is 5.39 Å². The van der Waals surface area contributed by atoms with Crippen molar-refractivity contribution in [2.24, 2.45) is 0 Å². The van der Waals surface area contributed by atoms with E-state index in [1.165, 1.54) is 27.4 Å². The highest BCUT2D eigenvalue weighted by Crippen LogP contribution is 2.27. The van der Waals surface area contributed by atoms with Gasteiger partial charge < -0.3 is 4.90 Å². The van der Waals surface area contributed by atoms with Crippen molar-refractivity contribution >= 4 is 32.5 Å². The number of carbonyl (C=O) groups excluding carboxylic acids is 1. The first-order valence-electron chi connectivity index (χ1n) is 8.85. The third-order valence-corrected chi connectivity index (χ3v) is 6.82. The van der Waals surface area contributed by atoms with Crippen molar-refractivity contribution in [1.29, 1.82) is 0 Å². The maximum absolute atomic E-state index is 12.9. The Hall–Kier alpha value is -3.31. The minimum absolute atomic E-state index is 0.0441. The van der Waals surface area contributed by atoms with Crippen molar-refractivity contribution in [3.05, 3.63) is 64.3 Å². The fourth-order valence-electron chi connectivity index (χ4n) is 3.37. The Labute approximate surface area is 165 Å². The largest absolute Gasteiger partial charge is 0.335 e. The summed E-state index contributed by atoms with van der Waals surface area (Å²) < 4.78 is 27.0. The highest BCUT2D eigenvalue weighted by molar-refractivity contribution is 7.89. The lowest BCUT2D eigenvalue weighted by Crippen LogP contribution is -2.50. The number of sulfonamides is 1. The first-order chi connectivity index (χ1) is 13.9. The molecule has 0 spiro atoms. The third-order valence-electron chi connectivity index (χ3n) is 4.88. The molecule has 4 rings (SSSR count). The number of rotatable bonds is 4. The van der Waals surface area contributed by atoms with Crippen molar-refractivity contribution in [3.8, 4) is 0 Å². The monoisotopic (exact) mass is 415 g/mol. The molecule has 0 bridgehead atoms. The number of piperazine rings is 1. The standard InChI is InChI=1S/C18H17N5O5S/c24-18(17-13-5-1-2-6-14(13)19-20-17)21-9-11-22(12-10-21)29(27,28)16-8-4-3-7-15(16)23(25)26/h1-8H,9-12H2,(H,19,20). The lowest BCUT2D eigenvalue weighted by atomic mass is 10.2.